The molecular formula is C30H31F2N5O2. The summed E-state index contributed by atoms with van der Waals surface area (Å²) < 4.78 is 32.4. The Morgan fingerprint density at radius 3 is 2.72 bits per heavy atom. The van der Waals surface area contributed by atoms with Gasteiger partial charge in [0.1, 0.15) is 23.6 Å². The summed E-state index contributed by atoms with van der Waals surface area (Å²) in [7, 11) is 5.19. The first-order valence-corrected chi connectivity index (χ1v) is 12.8. The summed E-state index contributed by atoms with van der Waals surface area (Å²) in [5.41, 5.74) is 1.95. The number of ether oxygens (including phenoxy) is 1. The van der Waals surface area contributed by atoms with Gasteiger partial charge in [-0.05, 0) is 62.4 Å². The van der Waals surface area contributed by atoms with E-state index in [1.54, 1.807) is 18.3 Å². The van der Waals surface area contributed by atoms with E-state index in [9.17, 15) is 13.9 Å². The van der Waals surface area contributed by atoms with Gasteiger partial charge in [0.15, 0.2) is 0 Å². The molecule has 0 bridgehead atoms. The summed E-state index contributed by atoms with van der Waals surface area (Å²) in [6.45, 7) is 4.01. The van der Waals surface area contributed by atoms with Crippen LogP contribution in [0.1, 0.15) is 31.7 Å². The summed E-state index contributed by atoms with van der Waals surface area (Å²) in [5.74, 6) is 2.55. The second-order valence-corrected chi connectivity index (χ2v) is 10.5. The third-order valence-corrected chi connectivity index (χ3v) is 7.60. The lowest BCUT2D eigenvalue weighted by atomic mass is 9.96. The number of aromatic hydroxyl groups is 1. The number of fused-ring (bicyclic) bond motifs is 3. The molecule has 2 saturated heterocycles. The van der Waals surface area contributed by atoms with Crippen LogP contribution in [-0.4, -0.2) is 71.0 Å². The first kappa shape index (κ1) is 26.6. The van der Waals surface area contributed by atoms with E-state index in [0.29, 0.717) is 39.9 Å². The second kappa shape index (κ2) is 10.3. The molecule has 0 radical (unpaired) electrons. The number of benzene rings is 2. The monoisotopic (exact) mass is 531 g/mol. The SMILES string of the molecule is C#Cc1c(F)ccc2cc(O)cc(-c3cc4nc(OC)ncc4c(N(C)C)n3)c12.CC12CCCN1CC(F)C2. The van der Waals surface area contributed by atoms with Crippen LogP contribution >= 0.6 is 0 Å². The molecular weight excluding hydrogens is 500 g/mol. The molecule has 2 aliphatic rings. The maximum atomic E-state index is 14.4. The van der Waals surface area contributed by atoms with Gasteiger partial charge in [0.25, 0.3) is 0 Å². The minimum atomic E-state index is -0.551. The average Bonchev–Trinajstić information content (AvgIpc) is 3.40. The first-order valence-electron chi connectivity index (χ1n) is 12.8. The fourth-order valence-electron chi connectivity index (χ4n) is 5.74. The zero-order chi connectivity index (χ0) is 27.9. The summed E-state index contributed by atoms with van der Waals surface area (Å²) in [5, 5.41) is 12.1. The summed E-state index contributed by atoms with van der Waals surface area (Å²) in [6.07, 6.45) is 9.92. The van der Waals surface area contributed by atoms with Crippen molar-refractivity contribution in [3.05, 3.63) is 47.9 Å². The van der Waals surface area contributed by atoms with E-state index in [1.807, 2.05) is 19.0 Å². The van der Waals surface area contributed by atoms with Crippen LogP contribution in [0, 0.1) is 18.2 Å². The summed E-state index contributed by atoms with van der Waals surface area (Å²) in [4.78, 5) is 17.4. The molecule has 2 aromatic heterocycles. The first-order chi connectivity index (χ1) is 18.6. The highest BCUT2D eigenvalue weighted by Crippen LogP contribution is 2.39. The average molecular weight is 532 g/mol. The van der Waals surface area contributed by atoms with Crippen LogP contribution in [0.4, 0.5) is 14.6 Å². The number of terminal acetylenes is 1. The highest BCUT2D eigenvalue weighted by molar-refractivity contribution is 6.03. The van der Waals surface area contributed by atoms with E-state index >= 15 is 0 Å². The molecule has 2 unspecified atom stereocenters. The van der Waals surface area contributed by atoms with Crippen molar-refractivity contribution in [3.8, 4) is 35.4 Å². The van der Waals surface area contributed by atoms with Crippen LogP contribution in [-0.2, 0) is 0 Å². The van der Waals surface area contributed by atoms with Crippen molar-refractivity contribution in [3.63, 3.8) is 0 Å². The third kappa shape index (κ3) is 4.92. The number of aromatic nitrogens is 3. The van der Waals surface area contributed by atoms with E-state index in [2.05, 4.69) is 27.7 Å². The molecule has 6 rings (SSSR count). The lowest BCUT2D eigenvalue weighted by Crippen LogP contribution is -2.34. The maximum Gasteiger partial charge on any atom is 0.316 e. The van der Waals surface area contributed by atoms with Crippen molar-refractivity contribution < 1.29 is 18.6 Å². The van der Waals surface area contributed by atoms with Gasteiger partial charge in [-0.3, -0.25) is 4.90 Å². The van der Waals surface area contributed by atoms with Crippen LogP contribution in [0.2, 0.25) is 0 Å². The minimum Gasteiger partial charge on any atom is -0.508 e. The Bertz CT molecular complexity index is 1600. The van der Waals surface area contributed by atoms with Gasteiger partial charge in [0, 0.05) is 43.3 Å². The summed E-state index contributed by atoms with van der Waals surface area (Å²) >= 11 is 0. The quantitative estimate of drug-likeness (QED) is 0.358. The minimum absolute atomic E-state index is 0.0237. The zero-order valence-electron chi connectivity index (χ0n) is 22.5. The van der Waals surface area contributed by atoms with Gasteiger partial charge in [0.05, 0.1) is 29.3 Å². The lowest BCUT2D eigenvalue weighted by molar-refractivity contribution is 0.217. The standard InChI is InChI=1S/C22H17FN4O2.C8H14FN/c1-5-14-17(23)7-6-12-8-13(28)9-15(20(12)14)18-10-19-16(21(25-18)27(2)3)11-24-22(26-19)29-4;1-8-3-2-4-10(8)6-7(9)5-8/h1,6-11,28H,2-4H3;7H,2-6H2,1H3. The molecule has 4 aromatic rings. The van der Waals surface area contributed by atoms with E-state index in [0.717, 1.165) is 18.4 Å². The molecule has 202 valence electrons. The van der Waals surface area contributed by atoms with Crippen molar-refractivity contribution >= 4 is 27.5 Å². The Balaban J connectivity index is 0.000000257. The lowest BCUT2D eigenvalue weighted by Gasteiger charge is -2.25. The number of hydrogen-bond acceptors (Lipinski definition) is 7. The molecule has 1 N–H and O–H groups in total. The molecule has 7 nitrogen and oxygen atoms in total. The fourth-order valence-corrected chi connectivity index (χ4v) is 5.74. The highest BCUT2D eigenvalue weighted by Gasteiger charge is 2.44. The molecule has 0 spiro atoms. The predicted molar refractivity (Wildman–Crippen MR) is 149 cm³/mol. The molecule has 2 atom stereocenters. The highest BCUT2D eigenvalue weighted by atomic mass is 19.1. The second-order valence-electron chi connectivity index (χ2n) is 10.5. The molecule has 0 amide bonds. The third-order valence-electron chi connectivity index (χ3n) is 7.60. The number of nitrogens with zero attached hydrogens (tertiary/aromatic N) is 5. The summed E-state index contributed by atoms with van der Waals surface area (Å²) in [6, 6.07) is 7.89. The van der Waals surface area contributed by atoms with Crippen molar-refractivity contribution in [2.24, 2.45) is 0 Å². The van der Waals surface area contributed by atoms with Gasteiger partial charge in [-0.1, -0.05) is 12.0 Å². The van der Waals surface area contributed by atoms with Crippen LogP contribution in [0.15, 0.2) is 36.5 Å². The van der Waals surface area contributed by atoms with Crippen molar-refractivity contribution in [2.75, 3.05) is 39.2 Å². The molecule has 39 heavy (non-hydrogen) atoms. The molecule has 9 heteroatoms. The molecule has 2 aromatic carbocycles. The van der Waals surface area contributed by atoms with E-state index in [4.69, 9.17) is 16.1 Å². The topological polar surface area (TPSA) is 74.6 Å². The Labute approximate surface area is 226 Å². The van der Waals surface area contributed by atoms with Crippen LogP contribution in [0.5, 0.6) is 11.8 Å². The predicted octanol–water partition coefficient (Wildman–Crippen LogP) is 5.33. The Morgan fingerprint density at radius 1 is 1.23 bits per heavy atom. The van der Waals surface area contributed by atoms with E-state index in [-0.39, 0.29) is 22.9 Å². The molecule has 2 fully saturated rings. The normalized spacial score (nSPS) is 20.4. The number of phenolic OH excluding ortho intramolecular Hbond substituents is 1. The van der Waals surface area contributed by atoms with Crippen molar-refractivity contribution in [1.82, 2.24) is 19.9 Å². The number of alkyl halides is 1. The van der Waals surface area contributed by atoms with Gasteiger partial charge in [0.2, 0.25) is 0 Å². The number of halogens is 2. The van der Waals surface area contributed by atoms with Gasteiger partial charge < -0.3 is 14.7 Å². The van der Waals surface area contributed by atoms with Gasteiger partial charge in [-0.15, -0.1) is 6.42 Å². The fraction of sp³-hybridized carbons (Fsp3) is 0.367. The Hall–Kier alpha value is -4.03. The van der Waals surface area contributed by atoms with E-state index < -0.39 is 12.0 Å². The van der Waals surface area contributed by atoms with E-state index in [1.165, 1.54) is 38.2 Å². The molecule has 0 aliphatic carbocycles. The zero-order valence-corrected chi connectivity index (χ0v) is 22.5. The molecule has 2 aliphatic heterocycles. The number of anilines is 1. The number of hydrogen-bond donors (Lipinski definition) is 1. The molecule has 4 heterocycles. The number of rotatable bonds is 3. The number of methoxy groups -OCH3 is 1. The van der Waals surface area contributed by atoms with Crippen molar-refractivity contribution in [2.45, 2.75) is 37.9 Å². The number of pyridine rings is 1. The number of phenols is 1. The van der Waals surface area contributed by atoms with Crippen molar-refractivity contribution in [1.29, 1.82) is 0 Å². The Morgan fingerprint density at radius 2 is 2.03 bits per heavy atom. The largest absolute Gasteiger partial charge is 0.508 e. The van der Waals surface area contributed by atoms with Gasteiger partial charge in [-0.2, -0.15) is 4.98 Å². The molecule has 0 saturated carbocycles. The smallest absolute Gasteiger partial charge is 0.316 e. The van der Waals surface area contributed by atoms with Crippen LogP contribution in [0.3, 0.4) is 0 Å². The maximum absolute atomic E-state index is 14.4. The van der Waals surface area contributed by atoms with Gasteiger partial charge >= 0.3 is 6.01 Å². The van der Waals surface area contributed by atoms with Crippen LogP contribution in [0.25, 0.3) is 32.9 Å². The van der Waals surface area contributed by atoms with Gasteiger partial charge in [-0.25, -0.2) is 18.7 Å². The van der Waals surface area contributed by atoms with Crippen LogP contribution < -0.4 is 9.64 Å². The Kier molecular flexibility index (Phi) is 7.00.